The molecule has 2 atom stereocenters. The van der Waals surface area contributed by atoms with E-state index in [4.69, 9.17) is 10.5 Å². The highest BCUT2D eigenvalue weighted by Gasteiger charge is 2.32. The molecular weight excluding hydrogens is 465 g/mol. The number of carbonyl (C=O) groups excluding carboxylic acids is 3. The van der Waals surface area contributed by atoms with E-state index in [0.29, 0.717) is 28.9 Å². The van der Waals surface area contributed by atoms with Crippen molar-refractivity contribution in [2.24, 2.45) is 5.73 Å². The molecule has 1 fully saturated rings. The van der Waals surface area contributed by atoms with E-state index >= 15 is 4.39 Å². The fraction of sp³-hybridized carbons (Fsp3) is 0.231. The summed E-state index contributed by atoms with van der Waals surface area (Å²) in [6, 6.07) is 16.1. The van der Waals surface area contributed by atoms with Gasteiger partial charge in [0.15, 0.2) is 0 Å². The van der Waals surface area contributed by atoms with Crippen LogP contribution in [-0.4, -0.2) is 42.1 Å². The molecule has 4 N–H and O–H groups in total. The third-order valence-electron chi connectivity index (χ3n) is 5.77. The first-order valence-electron chi connectivity index (χ1n) is 11.4. The average molecular weight is 492 g/mol. The molecule has 2 heterocycles. The second-order valence-corrected chi connectivity index (χ2v) is 8.38. The van der Waals surface area contributed by atoms with E-state index in [-0.39, 0.29) is 19.0 Å². The summed E-state index contributed by atoms with van der Waals surface area (Å²) >= 11 is 0. The Kier molecular flexibility index (Phi) is 7.55. The predicted molar refractivity (Wildman–Crippen MR) is 131 cm³/mol. The number of primary amides is 1. The molecule has 1 saturated heterocycles. The molecule has 3 amide bonds. The zero-order chi connectivity index (χ0) is 25.7. The van der Waals surface area contributed by atoms with Gasteiger partial charge in [0.2, 0.25) is 11.8 Å². The molecule has 36 heavy (non-hydrogen) atoms. The van der Waals surface area contributed by atoms with Crippen molar-refractivity contribution in [2.75, 3.05) is 18.0 Å². The van der Waals surface area contributed by atoms with Gasteiger partial charge < -0.3 is 15.8 Å². The smallest absolute Gasteiger partial charge is 0.414 e. The lowest BCUT2D eigenvalue weighted by Gasteiger charge is -2.17. The number of pyridine rings is 1. The first-order valence-corrected chi connectivity index (χ1v) is 11.4. The Balaban J connectivity index is 1.46. The summed E-state index contributed by atoms with van der Waals surface area (Å²) in [5.41, 5.74) is 8.30. The van der Waals surface area contributed by atoms with E-state index in [1.807, 2.05) is 12.1 Å². The summed E-state index contributed by atoms with van der Waals surface area (Å²) in [6.07, 6.45) is 0.556. The minimum absolute atomic E-state index is 0.188. The maximum Gasteiger partial charge on any atom is 0.414 e. The van der Waals surface area contributed by atoms with Crippen LogP contribution in [0.15, 0.2) is 66.9 Å². The summed E-state index contributed by atoms with van der Waals surface area (Å²) < 4.78 is 20.3. The van der Waals surface area contributed by atoms with E-state index in [1.165, 1.54) is 17.9 Å². The summed E-state index contributed by atoms with van der Waals surface area (Å²) in [4.78, 5) is 40.9. The number of nitrogens with two attached hydrogens (primary N) is 1. The number of nitrogens with one attached hydrogen (secondary N) is 2. The van der Waals surface area contributed by atoms with Crippen LogP contribution in [0.3, 0.4) is 0 Å². The monoisotopic (exact) mass is 491 g/mol. The van der Waals surface area contributed by atoms with Crippen molar-refractivity contribution in [3.05, 3.63) is 83.9 Å². The van der Waals surface area contributed by atoms with Gasteiger partial charge in [0.1, 0.15) is 18.0 Å². The number of aromatic nitrogens is 1. The zero-order valence-electron chi connectivity index (χ0n) is 19.6. The van der Waals surface area contributed by atoms with Gasteiger partial charge in [-0.2, -0.15) is 0 Å². The molecule has 186 valence electrons. The number of carbonyl (C=O) groups is 3. The Morgan fingerprint density at radius 1 is 1.19 bits per heavy atom. The van der Waals surface area contributed by atoms with Crippen LogP contribution < -0.4 is 21.3 Å². The van der Waals surface area contributed by atoms with Crippen molar-refractivity contribution >= 4 is 23.6 Å². The van der Waals surface area contributed by atoms with Crippen LogP contribution in [-0.2, 0) is 20.9 Å². The maximum absolute atomic E-state index is 15.0. The number of halogens is 1. The van der Waals surface area contributed by atoms with Gasteiger partial charge in [-0.05, 0) is 41.5 Å². The molecule has 1 aliphatic heterocycles. The van der Waals surface area contributed by atoms with Crippen LogP contribution in [0.5, 0.6) is 0 Å². The van der Waals surface area contributed by atoms with Crippen molar-refractivity contribution < 1.29 is 23.5 Å². The van der Waals surface area contributed by atoms with Crippen LogP contribution in [0.25, 0.3) is 11.1 Å². The highest BCUT2D eigenvalue weighted by molar-refractivity contribution is 5.90. The van der Waals surface area contributed by atoms with Gasteiger partial charge in [-0.3, -0.25) is 24.8 Å². The van der Waals surface area contributed by atoms with Crippen LogP contribution in [0, 0.1) is 5.82 Å². The fourth-order valence-electron chi connectivity index (χ4n) is 3.95. The number of ether oxygens (including phenoxy) is 1. The molecular formula is C26H26FN5O4. The lowest BCUT2D eigenvalue weighted by atomic mass is 9.99. The average Bonchev–Trinajstić information content (AvgIpc) is 3.24. The van der Waals surface area contributed by atoms with E-state index in [1.54, 1.807) is 48.7 Å². The Hall–Kier alpha value is -4.31. The maximum atomic E-state index is 15.0. The third-order valence-corrected chi connectivity index (χ3v) is 5.77. The van der Waals surface area contributed by atoms with Crippen molar-refractivity contribution in [1.82, 2.24) is 15.6 Å². The number of cyclic esters (lactones) is 1. The summed E-state index contributed by atoms with van der Waals surface area (Å²) in [7, 11) is 0. The summed E-state index contributed by atoms with van der Waals surface area (Å²) in [6.45, 7) is 2.12. The molecule has 0 radical (unpaired) electrons. The lowest BCUT2D eigenvalue weighted by molar-refractivity contribution is -0.120. The van der Waals surface area contributed by atoms with Crippen LogP contribution in [0.4, 0.5) is 14.9 Å². The Bertz CT molecular complexity index is 1250. The molecule has 1 aliphatic rings. The fourth-order valence-corrected chi connectivity index (χ4v) is 3.95. The molecule has 2 unspecified atom stereocenters. The van der Waals surface area contributed by atoms with Gasteiger partial charge in [-0.15, -0.1) is 0 Å². The van der Waals surface area contributed by atoms with Crippen molar-refractivity contribution in [2.45, 2.75) is 25.6 Å². The molecule has 10 heteroatoms. The summed E-state index contributed by atoms with van der Waals surface area (Å²) in [5.74, 6) is -1.28. The molecule has 4 rings (SSSR count). The molecule has 2 aromatic carbocycles. The highest BCUT2D eigenvalue weighted by Crippen LogP contribution is 2.30. The van der Waals surface area contributed by atoms with Gasteiger partial charge in [0, 0.05) is 25.2 Å². The number of hydrogen-bond donors (Lipinski definition) is 3. The predicted octanol–water partition coefficient (Wildman–Crippen LogP) is 2.67. The summed E-state index contributed by atoms with van der Waals surface area (Å²) in [5, 5.41) is 5.70. The lowest BCUT2D eigenvalue weighted by Crippen LogP contribution is -2.33. The molecule has 0 aliphatic carbocycles. The zero-order valence-corrected chi connectivity index (χ0v) is 19.6. The van der Waals surface area contributed by atoms with Crippen molar-refractivity contribution in [3.63, 3.8) is 0 Å². The highest BCUT2D eigenvalue weighted by atomic mass is 19.1. The number of anilines is 1. The van der Waals surface area contributed by atoms with Crippen LogP contribution in [0.1, 0.15) is 24.2 Å². The molecule has 3 aromatic rings. The second-order valence-electron chi connectivity index (χ2n) is 8.38. The van der Waals surface area contributed by atoms with Gasteiger partial charge >= 0.3 is 6.09 Å². The largest absolute Gasteiger partial charge is 0.442 e. The normalized spacial score (nSPS) is 15.9. The molecule has 0 saturated carbocycles. The van der Waals surface area contributed by atoms with Gasteiger partial charge in [-0.25, -0.2) is 9.18 Å². The number of hydrogen-bond acceptors (Lipinski definition) is 6. The van der Waals surface area contributed by atoms with Crippen molar-refractivity contribution in [1.29, 1.82) is 0 Å². The second kappa shape index (κ2) is 11.0. The quantitative estimate of drug-likeness (QED) is 0.422. The molecule has 1 aromatic heterocycles. The van der Waals surface area contributed by atoms with Crippen molar-refractivity contribution in [3.8, 4) is 11.1 Å². The van der Waals surface area contributed by atoms with Gasteiger partial charge in [-0.1, -0.05) is 30.3 Å². The van der Waals surface area contributed by atoms with E-state index < -0.39 is 30.0 Å². The third kappa shape index (κ3) is 5.84. The SMILES string of the molecule is CC(=O)NCC1CN(c2ccc(-c3ccc(C(NCc4ccccn4)C(N)=O)cc3)c(F)c2)C(=O)O1. The first-order chi connectivity index (χ1) is 17.3. The van der Waals surface area contributed by atoms with Gasteiger partial charge in [0.25, 0.3) is 0 Å². The molecule has 9 nitrogen and oxygen atoms in total. The number of nitrogens with zero attached hydrogens (tertiary/aromatic N) is 2. The van der Waals surface area contributed by atoms with Crippen LogP contribution in [0.2, 0.25) is 0 Å². The van der Waals surface area contributed by atoms with Gasteiger partial charge in [0.05, 0.1) is 24.5 Å². The number of benzene rings is 2. The number of rotatable bonds is 9. The minimum Gasteiger partial charge on any atom is -0.442 e. The Morgan fingerprint density at radius 2 is 1.97 bits per heavy atom. The number of amides is 3. The minimum atomic E-state index is -0.736. The first kappa shape index (κ1) is 24.8. The van der Waals surface area contributed by atoms with E-state index in [0.717, 1.165) is 5.69 Å². The Labute approximate surface area is 207 Å². The van der Waals surface area contributed by atoms with E-state index in [2.05, 4.69) is 15.6 Å². The molecule has 0 spiro atoms. The topological polar surface area (TPSA) is 127 Å². The van der Waals surface area contributed by atoms with Crippen LogP contribution >= 0.6 is 0 Å². The standard InChI is InChI=1S/C26H26FN5O4/c1-16(33)30-14-21-15-32(26(35)36-21)20-9-10-22(23(27)12-20)17-5-7-18(8-6-17)24(25(28)34)31-13-19-4-2-3-11-29-19/h2-12,21,24,31H,13-15H2,1H3,(H2,28,34)(H,30,33). The Morgan fingerprint density at radius 3 is 2.61 bits per heavy atom. The molecule has 0 bridgehead atoms. The van der Waals surface area contributed by atoms with E-state index in [9.17, 15) is 14.4 Å².